The number of nitrogens with zero attached hydrogens (tertiary/aromatic N) is 1. The fourth-order valence-electron chi connectivity index (χ4n) is 1.81. The minimum Gasteiger partial charge on any atom is -0.383 e. The number of aryl methyl sites for hydroxylation is 1. The Balaban J connectivity index is 2.83. The summed E-state index contributed by atoms with van der Waals surface area (Å²) >= 11 is 5.81. The van der Waals surface area contributed by atoms with E-state index >= 15 is 0 Å². The van der Waals surface area contributed by atoms with E-state index in [0.29, 0.717) is 5.88 Å². The number of rotatable bonds is 6. The summed E-state index contributed by atoms with van der Waals surface area (Å²) in [6.45, 7) is 6.95. The number of ether oxygens (including phenoxy) is 1. The van der Waals surface area contributed by atoms with Gasteiger partial charge in [0.2, 0.25) is 0 Å². The van der Waals surface area contributed by atoms with Gasteiger partial charge < -0.3 is 9.64 Å². The molecule has 0 fully saturated rings. The molecule has 1 rings (SSSR count). The number of alkyl halides is 1. The van der Waals surface area contributed by atoms with Gasteiger partial charge in [0.05, 0.1) is 6.61 Å². The van der Waals surface area contributed by atoms with Gasteiger partial charge in [0.25, 0.3) is 0 Å². The Morgan fingerprint density at radius 1 is 1.38 bits per heavy atom. The van der Waals surface area contributed by atoms with Gasteiger partial charge in [0.1, 0.15) is 0 Å². The summed E-state index contributed by atoms with van der Waals surface area (Å²) in [6.07, 6.45) is 0. The highest BCUT2D eigenvalue weighted by molar-refractivity contribution is 6.17. The van der Waals surface area contributed by atoms with Crippen molar-refractivity contribution in [3.05, 3.63) is 29.3 Å². The zero-order chi connectivity index (χ0) is 12.0. The molecule has 0 heterocycles. The molecule has 0 spiro atoms. The monoisotopic (exact) mass is 241 g/mol. The molecule has 16 heavy (non-hydrogen) atoms. The van der Waals surface area contributed by atoms with Crippen molar-refractivity contribution in [1.29, 1.82) is 0 Å². The quantitative estimate of drug-likeness (QED) is 0.710. The third-order valence-electron chi connectivity index (χ3n) is 2.70. The lowest BCUT2D eigenvalue weighted by molar-refractivity contribution is 0.205. The molecular formula is C13H20ClNO. The predicted octanol–water partition coefficient (Wildman–Crippen LogP) is 3.21. The van der Waals surface area contributed by atoms with E-state index in [-0.39, 0.29) is 0 Å². The lowest BCUT2D eigenvalue weighted by Crippen LogP contribution is -2.27. The molecule has 2 nitrogen and oxygen atoms in total. The molecule has 1 aromatic carbocycles. The summed E-state index contributed by atoms with van der Waals surface area (Å²) in [7, 11) is 1.73. The number of benzene rings is 1. The topological polar surface area (TPSA) is 12.5 Å². The van der Waals surface area contributed by atoms with Crippen molar-refractivity contribution in [2.75, 3.05) is 31.7 Å². The summed E-state index contributed by atoms with van der Waals surface area (Å²) in [5, 5.41) is 0. The first-order chi connectivity index (χ1) is 7.72. The van der Waals surface area contributed by atoms with E-state index in [1.54, 1.807) is 7.11 Å². The Morgan fingerprint density at radius 3 is 2.62 bits per heavy atom. The number of likely N-dealkylation sites (N-methyl/N-ethyl adjacent to an activating group) is 1. The van der Waals surface area contributed by atoms with E-state index in [1.165, 1.54) is 16.8 Å². The number of anilines is 1. The summed E-state index contributed by atoms with van der Waals surface area (Å²) in [5.74, 6) is 0.575. The first-order valence-corrected chi connectivity index (χ1v) is 6.15. The molecule has 0 bridgehead atoms. The Bertz CT molecular complexity index is 328. The van der Waals surface area contributed by atoms with Gasteiger partial charge in [0.15, 0.2) is 0 Å². The van der Waals surface area contributed by atoms with Crippen LogP contribution in [0.25, 0.3) is 0 Å². The van der Waals surface area contributed by atoms with Crippen molar-refractivity contribution in [3.8, 4) is 0 Å². The van der Waals surface area contributed by atoms with E-state index in [1.807, 2.05) is 0 Å². The van der Waals surface area contributed by atoms with Gasteiger partial charge in [-0.3, -0.25) is 0 Å². The Labute approximate surface area is 103 Å². The van der Waals surface area contributed by atoms with Crippen LogP contribution in [-0.2, 0) is 10.6 Å². The van der Waals surface area contributed by atoms with Crippen LogP contribution >= 0.6 is 11.6 Å². The molecule has 0 aliphatic rings. The molecule has 90 valence electrons. The van der Waals surface area contributed by atoms with E-state index in [4.69, 9.17) is 16.3 Å². The smallest absolute Gasteiger partial charge is 0.0637 e. The average Bonchev–Trinajstić information content (AvgIpc) is 2.31. The van der Waals surface area contributed by atoms with Crippen LogP contribution < -0.4 is 4.90 Å². The number of halogens is 1. The average molecular weight is 242 g/mol. The molecule has 0 aliphatic carbocycles. The van der Waals surface area contributed by atoms with Crippen molar-refractivity contribution in [2.24, 2.45) is 0 Å². The maximum Gasteiger partial charge on any atom is 0.0637 e. The molecule has 1 aromatic rings. The van der Waals surface area contributed by atoms with Gasteiger partial charge in [-0.1, -0.05) is 12.1 Å². The van der Waals surface area contributed by atoms with Gasteiger partial charge in [-0.05, 0) is 31.0 Å². The van der Waals surface area contributed by atoms with Crippen LogP contribution in [0, 0.1) is 6.92 Å². The Morgan fingerprint density at radius 2 is 2.12 bits per heavy atom. The van der Waals surface area contributed by atoms with Gasteiger partial charge in [-0.25, -0.2) is 0 Å². The van der Waals surface area contributed by atoms with Crippen molar-refractivity contribution >= 4 is 17.3 Å². The Kier molecular flexibility index (Phi) is 5.64. The van der Waals surface area contributed by atoms with E-state index < -0.39 is 0 Å². The van der Waals surface area contributed by atoms with Crippen molar-refractivity contribution < 1.29 is 4.74 Å². The van der Waals surface area contributed by atoms with Gasteiger partial charge >= 0.3 is 0 Å². The second-order valence-electron chi connectivity index (χ2n) is 3.83. The lowest BCUT2D eigenvalue weighted by Gasteiger charge is -2.24. The molecule has 0 amide bonds. The molecule has 0 aliphatic heterocycles. The fraction of sp³-hybridized carbons (Fsp3) is 0.538. The zero-order valence-corrected chi connectivity index (χ0v) is 11.0. The zero-order valence-electron chi connectivity index (χ0n) is 10.3. The molecule has 0 aromatic heterocycles. The summed E-state index contributed by atoms with van der Waals surface area (Å²) < 4.78 is 5.12. The summed E-state index contributed by atoms with van der Waals surface area (Å²) in [4.78, 5) is 2.32. The molecule has 0 N–H and O–H groups in total. The highest BCUT2D eigenvalue weighted by Crippen LogP contribution is 2.21. The number of hydrogen-bond donors (Lipinski definition) is 0. The molecule has 0 unspecified atom stereocenters. The maximum absolute atomic E-state index is 5.81. The Hall–Kier alpha value is -0.730. The minimum absolute atomic E-state index is 0.575. The van der Waals surface area contributed by atoms with Crippen LogP contribution in [-0.4, -0.2) is 26.8 Å². The normalized spacial score (nSPS) is 10.5. The molecule has 0 radical (unpaired) electrons. The summed E-state index contributed by atoms with van der Waals surface area (Å²) in [5.41, 5.74) is 3.72. The molecule has 0 atom stereocenters. The SMILES string of the molecule is CCN(CCOC)c1ccc(CCl)cc1C. The van der Waals surface area contributed by atoms with E-state index in [0.717, 1.165) is 19.7 Å². The van der Waals surface area contributed by atoms with Gasteiger partial charge in [0, 0.05) is 31.8 Å². The van der Waals surface area contributed by atoms with Crippen LogP contribution in [0.2, 0.25) is 0 Å². The predicted molar refractivity (Wildman–Crippen MR) is 70.5 cm³/mol. The highest BCUT2D eigenvalue weighted by atomic mass is 35.5. The molecular weight excluding hydrogens is 222 g/mol. The van der Waals surface area contributed by atoms with Crippen LogP contribution in [0.5, 0.6) is 0 Å². The number of methoxy groups -OCH3 is 1. The van der Waals surface area contributed by atoms with Crippen molar-refractivity contribution in [1.82, 2.24) is 0 Å². The lowest BCUT2D eigenvalue weighted by atomic mass is 10.1. The van der Waals surface area contributed by atoms with E-state index in [2.05, 4.69) is 36.9 Å². The van der Waals surface area contributed by atoms with Crippen LogP contribution in [0.1, 0.15) is 18.1 Å². The summed E-state index contributed by atoms with van der Waals surface area (Å²) in [6, 6.07) is 6.38. The second kappa shape index (κ2) is 6.77. The van der Waals surface area contributed by atoms with Crippen LogP contribution in [0.3, 0.4) is 0 Å². The number of hydrogen-bond acceptors (Lipinski definition) is 2. The van der Waals surface area contributed by atoms with Crippen molar-refractivity contribution in [2.45, 2.75) is 19.7 Å². The maximum atomic E-state index is 5.81. The standard InChI is InChI=1S/C13H20ClNO/c1-4-15(7-8-16-3)13-6-5-12(10-14)9-11(13)2/h5-6,9H,4,7-8,10H2,1-3H3. The largest absolute Gasteiger partial charge is 0.383 e. The third-order valence-corrected chi connectivity index (χ3v) is 3.01. The van der Waals surface area contributed by atoms with Gasteiger partial charge in [-0.2, -0.15) is 0 Å². The van der Waals surface area contributed by atoms with E-state index in [9.17, 15) is 0 Å². The molecule has 0 saturated carbocycles. The van der Waals surface area contributed by atoms with Gasteiger partial charge in [-0.15, -0.1) is 11.6 Å². The highest BCUT2D eigenvalue weighted by Gasteiger charge is 2.07. The first-order valence-electron chi connectivity index (χ1n) is 5.62. The van der Waals surface area contributed by atoms with Crippen molar-refractivity contribution in [3.63, 3.8) is 0 Å². The fourth-order valence-corrected chi connectivity index (χ4v) is 1.97. The van der Waals surface area contributed by atoms with Crippen LogP contribution in [0.15, 0.2) is 18.2 Å². The molecule has 0 saturated heterocycles. The minimum atomic E-state index is 0.575. The van der Waals surface area contributed by atoms with Crippen LogP contribution in [0.4, 0.5) is 5.69 Å². The molecule has 3 heteroatoms. The third kappa shape index (κ3) is 3.39. The second-order valence-corrected chi connectivity index (χ2v) is 4.09. The first kappa shape index (κ1) is 13.3.